The third-order valence-corrected chi connectivity index (χ3v) is 5.21. The molecule has 0 aromatic heterocycles. The van der Waals surface area contributed by atoms with Crippen molar-refractivity contribution in [3.05, 3.63) is 64.7 Å². The molecular weight excluding hydrogens is 322 g/mol. The third kappa shape index (κ3) is 3.87. The molecular formula is C16H16ClNO3S. The number of nitrogens with one attached hydrogen (secondary N) is 1. The number of hydrogen-bond donors (Lipinski definition) is 1. The zero-order chi connectivity index (χ0) is 16.2. The Balaban J connectivity index is 2.20. The molecule has 4 nitrogen and oxygen atoms in total. The topological polar surface area (TPSA) is 63.2 Å². The van der Waals surface area contributed by atoms with Gasteiger partial charge in [-0.25, -0.2) is 8.42 Å². The Kier molecular flexibility index (Phi) is 5.21. The average Bonchev–Trinajstić information content (AvgIpc) is 2.52. The van der Waals surface area contributed by atoms with Crippen molar-refractivity contribution in [2.45, 2.75) is 18.4 Å². The van der Waals surface area contributed by atoms with E-state index < -0.39 is 15.7 Å². The van der Waals surface area contributed by atoms with E-state index >= 15 is 0 Å². The SMILES string of the molecule is CCS(=O)(=O)c1ccccc1C(=O)NCc1cccc(Cl)c1. The molecule has 0 saturated carbocycles. The lowest BCUT2D eigenvalue weighted by Crippen LogP contribution is -2.25. The van der Waals surface area contributed by atoms with Gasteiger partial charge in [-0.3, -0.25) is 4.79 Å². The number of benzene rings is 2. The van der Waals surface area contributed by atoms with Crippen molar-refractivity contribution >= 4 is 27.3 Å². The third-order valence-electron chi connectivity index (χ3n) is 3.19. The fraction of sp³-hybridized carbons (Fsp3) is 0.188. The van der Waals surface area contributed by atoms with Gasteiger partial charge in [-0.15, -0.1) is 0 Å². The van der Waals surface area contributed by atoms with E-state index in [9.17, 15) is 13.2 Å². The van der Waals surface area contributed by atoms with Crippen molar-refractivity contribution < 1.29 is 13.2 Å². The number of carbonyl (C=O) groups is 1. The minimum Gasteiger partial charge on any atom is -0.348 e. The molecule has 6 heteroatoms. The fourth-order valence-corrected chi connectivity index (χ4v) is 3.31. The van der Waals surface area contributed by atoms with Crippen LogP contribution in [0, 0.1) is 0 Å². The van der Waals surface area contributed by atoms with Gasteiger partial charge < -0.3 is 5.32 Å². The van der Waals surface area contributed by atoms with E-state index in [0.717, 1.165) is 5.56 Å². The zero-order valence-corrected chi connectivity index (χ0v) is 13.6. The lowest BCUT2D eigenvalue weighted by atomic mass is 10.2. The number of carbonyl (C=O) groups excluding carboxylic acids is 1. The van der Waals surface area contributed by atoms with Crippen molar-refractivity contribution in [2.75, 3.05) is 5.75 Å². The van der Waals surface area contributed by atoms with Gasteiger partial charge in [0.05, 0.1) is 16.2 Å². The Labute approximate surface area is 135 Å². The molecule has 0 atom stereocenters. The molecule has 0 radical (unpaired) electrons. The highest BCUT2D eigenvalue weighted by atomic mass is 35.5. The van der Waals surface area contributed by atoms with Crippen LogP contribution in [-0.2, 0) is 16.4 Å². The van der Waals surface area contributed by atoms with Crippen LogP contribution in [0.15, 0.2) is 53.4 Å². The van der Waals surface area contributed by atoms with Gasteiger partial charge in [0.15, 0.2) is 9.84 Å². The molecule has 2 rings (SSSR count). The summed E-state index contributed by atoms with van der Waals surface area (Å²) >= 11 is 5.89. The van der Waals surface area contributed by atoms with Crippen LogP contribution in [0.1, 0.15) is 22.8 Å². The second-order valence-electron chi connectivity index (χ2n) is 4.71. The van der Waals surface area contributed by atoms with E-state index in [-0.39, 0.29) is 22.8 Å². The van der Waals surface area contributed by atoms with Crippen LogP contribution in [0.4, 0.5) is 0 Å². The van der Waals surface area contributed by atoms with Crippen molar-refractivity contribution in [1.29, 1.82) is 0 Å². The summed E-state index contributed by atoms with van der Waals surface area (Å²) in [6.07, 6.45) is 0. The van der Waals surface area contributed by atoms with Gasteiger partial charge in [0.2, 0.25) is 0 Å². The van der Waals surface area contributed by atoms with Gasteiger partial charge in [0, 0.05) is 11.6 Å². The molecule has 1 N–H and O–H groups in total. The van der Waals surface area contributed by atoms with Crippen LogP contribution < -0.4 is 5.32 Å². The van der Waals surface area contributed by atoms with Crippen LogP contribution in [-0.4, -0.2) is 20.1 Å². The maximum atomic E-state index is 12.3. The zero-order valence-electron chi connectivity index (χ0n) is 12.0. The summed E-state index contributed by atoms with van der Waals surface area (Å²) in [6.45, 7) is 1.83. The van der Waals surface area contributed by atoms with Crippen LogP contribution in [0.25, 0.3) is 0 Å². The van der Waals surface area contributed by atoms with Crippen LogP contribution >= 0.6 is 11.6 Å². The van der Waals surface area contributed by atoms with Crippen molar-refractivity contribution in [1.82, 2.24) is 5.32 Å². The lowest BCUT2D eigenvalue weighted by molar-refractivity contribution is 0.0947. The molecule has 2 aromatic rings. The summed E-state index contributed by atoms with van der Waals surface area (Å²) in [6, 6.07) is 13.3. The maximum absolute atomic E-state index is 12.3. The van der Waals surface area contributed by atoms with E-state index in [1.165, 1.54) is 12.1 Å². The van der Waals surface area contributed by atoms with E-state index in [1.807, 2.05) is 6.07 Å². The van der Waals surface area contributed by atoms with Gasteiger partial charge in [-0.2, -0.15) is 0 Å². The summed E-state index contributed by atoms with van der Waals surface area (Å²) < 4.78 is 24.1. The second-order valence-corrected chi connectivity index (χ2v) is 7.40. The predicted octanol–water partition coefficient (Wildman–Crippen LogP) is 3.06. The number of sulfone groups is 1. The summed E-state index contributed by atoms with van der Waals surface area (Å²) in [4.78, 5) is 12.3. The minimum absolute atomic E-state index is 0.0500. The molecule has 1 amide bonds. The molecule has 22 heavy (non-hydrogen) atoms. The first-order chi connectivity index (χ1) is 10.4. The number of halogens is 1. The molecule has 0 aliphatic rings. The predicted molar refractivity (Wildman–Crippen MR) is 86.8 cm³/mol. The first-order valence-electron chi connectivity index (χ1n) is 6.78. The highest BCUT2D eigenvalue weighted by Gasteiger charge is 2.20. The highest BCUT2D eigenvalue weighted by molar-refractivity contribution is 7.91. The van der Waals surface area contributed by atoms with Crippen LogP contribution in [0.2, 0.25) is 5.02 Å². The van der Waals surface area contributed by atoms with Crippen LogP contribution in [0.3, 0.4) is 0 Å². The molecule has 0 unspecified atom stereocenters. The van der Waals surface area contributed by atoms with Crippen molar-refractivity contribution in [3.63, 3.8) is 0 Å². The molecule has 0 spiro atoms. The van der Waals surface area contributed by atoms with Gasteiger partial charge in [-0.1, -0.05) is 42.8 Å². The molecule has 0 bridgehead atoms. The molecule has 0 aliphatic heterocycles. The summed E-state index contributed by atoms with van der Waals surface area (Å²) in [5.74, 6) is -0.474. The van der Waals surface area contributed by atoms with E-state index in [4.69, 9.17) is 11.6 Å². The largest absolute Gasteiger partial charge is 0.348 e. The average molecular weight is 338 g/mol. The minimum atomic E-state index is -3.45. The Hall–Kier alpha value is -1.85. The number of hydrogen-bond acceptors (Lipinski definition) is 3. The van der Waals surface area contributed by atoms with Gasteiger partial charge in [-0.05, 0) is 29.8 Å². The molecule has 0 saturated heterocycles. The van der Waals surface area contributed by atoms with Gasteiger partial charge >= 0.3 is 0 Å². The van der Waals surface area contributed by atoms with Crippen LogP contribution in [0.5, 0.6) is 0 Å². The highest BCUT2D eigenvalue weighted by Crippen LogP contribution is 2.17. The first-order valence-corrected chi connectivity index (χ1v) is 8.81. The first kappa shape index (κ1) is 16.5. The molecule has 116 valence electrons. The summed E-state index contributed by atoms with van der Waals surface area (Å²) in [5.41, 5.74) is 1.00. The number of amides is 1. The lowest BCUT2D eigenvalue weighted by Gasteiger charge is -2.10. The Morgan fingerprint density at radius 1 is 1.14 bits per heavy atom. The standard InChI is InChI=1S/C16H16ClNO3S/c1-2-22(20,21)15-9-4-3-8-14(15)16(19)18-11-12-6-5-7-13(17)10-12/h3-10H,2,11H2,1H3,(H,18,19). The molecule has 0 heterocycles. The molecule has 0 aliphatic carbocycles. The molecule has 0 fully saturated rings. The van der Waals surface area contributed by atoms with Crippen molar-refractivity contribution in [3.8, 4) is 0 Å². The maximum Gasteiger partial charge on any atom is 0.252 e. The van der Waals surface area contributed by atoms with E-state index in [2.05, 4.69) is 5.32 Å². The quantitative estimate of drug-likeness (QED) is 0.912. The Bertz CT molecular complexity index is 787. The second kappa shape index (κ2) is 6.94. The van der Waals surface area contributed by atoms with E-state index in [0.29, 0.717) is 5.02 Å². The van der Waals surface area contributed by atoms with Gasteiger partial charge in [0.1, 0.15) is 0 Å². The van der Waals surface area contributed by atoms with Gasteiger partial charge in [0.25, 0.3) is 5.91 Å². The Morgan fingerprint density at radius 3 is 2.55 bits per heavy atom. The van der Waals surface area contributed by atoms with Crippen molar-refractivity contribution in [2.24, 2.45) is 0 Å². The fourth-order valence-electron chi connectivity index (χ4n) is 2.01. The number of rotatable bonds is 5. The Morgan fingerprint density at radius 2 is 1.86 bits per heavy atom. The smallest absolute Gasteiger partial charge is 0.252 e. The summed E-state index contributed by atoms with van der Waals surface area (Å²) in [5, 5.41) is 3.30. The van der Waals surface area contributed by atoms with E-state index in [1.54, 1.807) is 37.3 Å². The molecule has 2 aromatic carbocycles. The monoisotopic (exact) mass is 337 g/mol. The summed E-state index contributed by atoms with van der Waals surface area (Å²) in [7, 11) is -3.45. The normalized spacial score (nSPS) is 11.2.